The van der Waals surface area contributed by atoms with Crippen LogP contribution in [0.25, 0.3) is 10.8 Å². The zero-order valence-electron chi connectivity index (χ0n) is 50.7. The monoisotopic (exact) mass is 1180 g/mol. The fraction of sp³-hybridized carbons (Fsp3) is 0.621. The van der Waals surface area contributed by atoms with E-state index in [0.717, 1.165) is 44.1 Å². The maximum atomic E-state index is 13.8. The molecule has 0 aliphatic carbocycles. The predicted octanol–water partition coefficient (Wildman–Crippen LogP) is 11.9. The number of hydrogen-bond donors (Lipinski definition) is 3. The Morgan fingerprint density at radius 3 is 1.42 bits per heavy atom. The summed E-state index contributed by atoms with van der Waals surface area (Å²) in [6.07, 6.45) is 41.2. The summed E-state index contributed by atoms with van der Waals surface area (Å²) in [6, 6.07) is 19.3. The molecule has 4 aromatic rings. The molecule has 0 atom stereocenters. The van der Waals surface area contributed by atoms with Crippen LogP contribution in [0.5, 0.6) is 5.75 Å². The third-order valence-corrected chi connectivity index (χ3v) is 16.6. The van der Waals surface area contributed by atoms with E-state index in [-0.39, 0.29) is 144 Å². The number of anilines is 1. The fourth-order valence-corrected chi connectivity index (χ4v) is 11.6. The largest absolute Gasteiger partial charge is 1.00 e. The summed E-state index contributed by atoms with van der Waals surface area (Å²) in [7, 11) is -4.62. The van der Waals surface area contributed by atoms with Gasteiger partial charge in [0.2, 0.25) is 5.91 Å². The number of carbonyl (C=O) groups is 2. The van der Waals surface area contributed by atoms with E-state index in [1.807, 2.05) is 12.1 Å². The van der Waals surface area contributed by atoms with Crippen molar-refractivity contribution in [3.05, 3.63) is 89.5 Å². The molecule has 15 heteroatoms. The number of benzene rings is 4. The Morgan fingerprint density at radius 1 is 0.568 bits per heavy atom. The quantitative estimate of drug-likeness (QED) is 0.00968. The molecule has 3 N–H and O–H groups in total. The van der Waals surface area contributed by atoms with Crippen LogP contribution >= 0.6 is 0 Å². The van der Waals surface area contributed by atoms with Crippen molar-refractivity contribution in [3.63, 3.8) is 0 Å². The second kappa shape index (κ2) is 44.6. The number of carboxylic acid groups (broad SMARTS) is 1. The van der Waals surface area contributed by atoms with E-state index >= 15 is 0 Å². The van der Waals surface area contributed by atoms with Gasteiger partial charge in [0.05, 0.1) is 11.1 Å². The van der Waals surface area contributed by atoms with Gasteiger partial charge in [-0.15, -0.1) is 10.2 Å². The maximum Gasteiger partial charge on any atom is 1.00 e. The SMILES string of the molecule is CCCCCCCCCCCCCCCCCCC(CCCCCCCCCCCCCCCCCC)(CC(=O)Nc1ccc(CCN=C([O-])c2cc(N=Nc3ccc(C)cc3S(=O)(=O)O)c3ccccc3c2[O-])cc1)C(=O)O.[K+].[K+]. The van der Waals surface area contributed by atoms with Crippen LogP contribution in [-0.2, 0) is 26.1 Å². The number of nitrogens with zero attached hydrogens (tertiary/aromatic N) is 3. The summed E-state index contributed by atoms with van der Waals surface area (Å²) < 4.78 is 34.0. The molecule has 0 fully saturated rings. The van der Waals surface area contributed by atoms with Gasteiger partial charge < -0.3 is 25.6 Å². The van der Waals surface area contributed by atoms with Gasteiger partial charge in [0.15, 0.2) is 0 Å². The standard InChI is InChI=1S/C66H100N4O8S.2K/c1-4-6-8-10-12-14-16-18-20-22-24-26-28-30-32-36-47-66(65(74)75,48-37-33-31-29-27-25-23-21-19-17-15-13-11-9-7-5-2)52-62(71)68-55-43-41-54(42-44-55)46-49-67-64(73)58-51-60(56-38-34-35-39-57(56)63(58)72)70-69-59-45-40-53(3)50-61(59)79(76,77)78;;/h34-35,38-45,50-51,72H,4-33,36-37,46-49,52H2,1-3H3,(H,67,73)(H,68,71)(H,74,75)(H,76,77,78);;/q;2*+1/p-2. The van der Waals surface area contributed by atoms with Crippen molar-refractivity contribution in [2.45, 2.75) is 257 Å². The zero-order chi connectivity index (χ0) is 57.0. The van der Waals surface area contributed by atoms with Gasteiger partial charge in [-0.1, -0.05) is 268 Å². The number of aliphatic carboxylic acids is 1. The van der Waals surface area contributed by atoms with Crippen LogP contribution in [0.1, 0.15) is 255 Å². The third-order valence-electron chi connectivity index (χ3n) is 15.7. The molecule has 12 nitrogen and oxygen atoms in total. The number of amides is 1. The number of aliphatic imine (C=N–C) groups is 1. The van der Waals surface area contributed by atoms with Crippen molar-refractivity contribution < 1.29 is 141 Å². The summed E-state index contributed by atoms with van der Waals surface area (Å²) in [5.74, 6) is -2.47. The molecular weight excluding hydrogens is 1090 g/mol. The smallest absolute Gasteiger partial charge is 0.872 e. The molecule has 0 spiro atoms. The van der Waals surface area contributed by atoms with Gasteiger partial charge in [0.1, 0.15) is 10.6 Å². The molecule has 438 valence electrons. The molecule has 1 amide bonds. The van der Waals surface area contributed by atoms with E-state index in [4.69, 9.17) is 0 Å². The van der Waals surface area contributed by atoms with Crippen LogP contribution in [0.15, 0.2) is 92.9 Å². The number of aryl methyl sites for hydroxylation is 1. The number of carboxylic acids is 1. The van der Waals surface area contributed by atoms with Gasteiger partial charge in [0.25, 0.3) is 10.1 Å². The predicted molar refractivity (Wildman–Crippen MR) is 322 cm³/mol. The molecule has 0 unspecified atom stereocenters. The van der Waals surface area contributed by atoms with Crippen molar-refractivity contribution in [1.29, 1.82) is 0 Å². The number of rotatable bonds is 45. The molecule has 0 saturated heterocycles. The molecule has 0 heterocycles. The van der Waals surface area contributed by atoms with E-state index in [2.05, 4.69) is 34.4 Å². The van der Waals surface area contributed by atoms with Gasteiger partial charge >= 0.3 is 109 Å². The first-order valence-corrected chi connectivity index (χ1v) is 32.3. The Balaban J connectivity index is 0.0000112. The average molecular weight is 1190 g/mol. The Kier molecular flexibility index (Phi) is 41.4. The first-order valence-electron chi connectivity index (χ1n) is 30.8. The summed E-state index contributed by atoms with van der Waals surface area (Å²) in [6.45, 7) is 6.26. The number of hydrogen-bond acceptors (Lipinski definition) is 9. The van der Waals surface area contributed by atoms with E-state index in [1.165, 1.54) is 185 Å². The van der Waals surface area contributed by atoms with Crippen LogP contribution in [-0.4, -0.2) is 42.4 Å². The van der Waals surface area contributed by atoms with Crippen LogP contribution in [0.3, 0.4) is 0 Å². The first kappa shape index (κ1) is 75.2. The van der Waals surface area contributed by atoms with Crippen molar-refractivity contribution in [2.24, 2.45) is 20.6 Å². The topological polar surface area (TPSA) is 204 Å². The Hall–Kier alpha value is -1.87. The maximum absolute atomic E-state index is 13.8. The van der Waals surface area contributed by atoms with E-state index in [9.17, 15) is 37.9 Å². The minimum absolute atomic E-state index is 0. The molecular formula is C66H98K2N4O8S. The van der Waals surface area contributed by atoms with Gasteiger partial charge in [0, 0.05) is 24.0 Å². The van der Waals surface area contributed by atoms with Crippen LogP contribution in [0, 0.1) is 12.3 Å². The number of nitrogens with one attached hydrogen (secondary N) is 1. The van der Waals surface area contributed by atoms with E-state index < -0.39 is 38.0 Å². The van der Waals surface area contributed by atoms with Crippen LogP contribution in [0.4, 0.5) is 17.1 Å². The third kappa shape index (κ3) is 30.4. The van der Waals surface area contributed by atoms with Gasteiger partial charge in [-0.05, 0) is 84.5 Å². The molecule has 0 bridgehead atoms. The molecule has 0 aliphatic heterocycles. The number of fused-ring (bicyclic) bond motifs is 1. The summed E-state index contributed by atoms with van der Waals surface area (Å²) in [5.41, 5.74) is 0.669. The summed E-state index contributed by atoms with van der Waals surface area (Å²) in [4.78, 5) is 30.8. The Morgan fingerprint density at radius 2 is 0.988 bits per heavy atom. The Labute approximate surface area is 573 Å². The van der Waals surface area contributed by atoms with Gasteiger partial charge in [-0.3, -0.25) is 14.1 Å². The average Bonchev–Trinajstić information content (AvgIpc) is 3.45. The minimum atomic E-state index is -4.62. The van der Waals surface area contributed by atoms with Crippen LogP contribution in [0.2, 0.25) is 0 Å². The van der Waals surface area contributed by atoms with Crippen molar-refractivity contribution in [2.75, 3.05) is 11.9 Å². The molecule has 81 heavy (non-hydrogen) atoms. The van der Waals surface area contributed by atoms with Crippen molar-refractivity contribution >= 4 is 55.7 Å². The second-order valence-corrected chi connectivity index (χ2v) is 23.9. The molecule has 0 aliphatic rings. The molecule has 0 saturated carbocycles. The minimum Gasteiger partial charge on any atom is -0.872 e. The Bertz CT molecular complexity index is 2520. The molecule has 4 rings (SSSR count). The normalized spacial score (nSPS) is 12.0. The second-order valence-electron chi connectivity index (χ2n) is 22.5. The van der Waals surface area contributed by atoms with E-state index in [1.54, 1.807) is 49.4 Å². The molecule has 4 aromatic carbocycles. The van der Waals surface area contributed by atoms with Gasteiger partial charge in [-0.2, -0.15) is 8.42 Å². The first-order chi connectivity index (χ1) is 38.3. The zero-order valence-corrected chi connectivity index (χ0v) is 57.7. The number of carbonyl (C=O) groups excluding carboxylic acids is 1. The molecule has 0 aromatic heterocycles. The molecule has 0 radical (unpaired) electrons. The van der Waals surface area contributed by atoms with Crippen molar-refractivity contribution in [3.8, 4) is 5.75 Å². The number of azo groups is 1. The van der Waals surface area contributed by atoms with Crippen LogP contribution < -0.4 is 118 Å². The summed E-state index contributed by atoms with van der Waals surface area (Å²) in [5, 5.41) is 49.7. The summed E-state index contributed by atoms with van der Waals surface area (Å²) >= 11 is 0. The fourth-order valence-electron chi connectivity index (χ4n) is 10.8. The van der Waals surface area contributed by atoms with Gasteiger partial charge in [-0.25, -0.2) is 0 Å². The van der Waals surface area contributed by atoms with Crippen molar-refractivity contribution in [1.82, 2.24) is 0 Å². The number of unbranched alkanes of at least 4 members (excludes halogenated alkanes) is 30. The van der Waals surface area contributed by atoms with E-state index in [0.29, 0.717) is 35.9 Å².